The van der Waals surface area contributed by atoms with Gasteiger partial charge in [-0.25, -0.2) is 16.8 Å². The average Bonchev–Trinajstić information content (AvgIpc) is 2.74. The lowest BCUT2D eigenvalue weighted by atomic mass is 10.1. The van der Waals surface area contributed by atoms with Gasteiger partial charge in [0.15, 0.2) is 14.9 Å². The molecule has 0 fully saturated rings. The van der Waals surface area contributed by atoms with Crippen molar-refractivity contribution >= 4 is 25.5 Å². The first-order chi connectivity index (χ1) is 14.7. The van der Waals surface area contributed by atoms with Crippen molar-refractivity contribution in [1.29, 1.82) is 0 Å². The number of sulfonamides is 1. The predicted octanol–water partition coefficient (Wildman–Crippen LogP) is 3.53. The third-order valence-electron chi connectivity index (χ3n) is 4.33. The molecule has 0 saturated heterocycles. The Labute approximate surface area is 182 Å². The Kier molecular flexibility index (Phi) is 6.91. The first kappa shape index (κ1) is 22.7. The molecule has 8 nitrogen and oxygen atoms in total. The van der Waals surface area contributed by atoms with Gasteiger partial charge in [0.2, 0.25) is 0 Å². The molecule has 0 unspecified atom stereocenters. The Morgan fingerprint density at radius 1 is 0.935 bits per heavy atom. The van der Waals surface area contributed by atoms with Crippen LogP contribution in [0.4, 0.5) is 5.69 Å². The van der Waals surface area contributed by atoms with Crippen molar-refractivity contribution in [2.75, 3.05) is 17.6 Å². The van der Waals surface area contributed by atoms with E-state index in [2.05, 4.69) is 21.8 Å². The summed E-state index contributed by atoms with van der Waals surface area (Å²) < 4.78 is 56.6. The number of hydrogen-bond acceptors (Lipinski definition) is 7. The van der Waals surface area contributed by atoms with E-state index in [4.69, 9.17) is 4.74 Å². The molecule has 0 bridgehead atoms. The van der Waals surface area contributed by atoms with E-state index in [0.29, 0.717) is 29.3 Å². The van der Waals surface area contributed by atoms with Gasteiger partial charge in [-0.1, -0.05) is 25.5 Å². The quantitative estimate of drug-likeness (QED) is 0.485. The minimum atomic E-state index is -3.80. The maximum atomic E-state index is 12.7. The van der Waals surface area contributed by atoms with Gasteiger partial charge in [0, 0.05) is 17.5 Å². The van der Waals surface area contributed by atoms with Crippen LogP contribution >= 0.6 is 0 Å². The summed E-state index contributed by atoms with van der Waals surface area (Å²) in [6, 6.07) is 15.7. The zero-order valence-corrected chi connectivity index (χ0v) is 18.8. The van der Waals surface area contributed by atoms with Gasteiger partial charge in [0.1, 0.15) is 5.75 Å². The summed E-state index contributed by atoms with van der Waals surface area (Å²) in [6.07, 6.45) is 3.00. The van der Waals surface area contributed by atoms with Crippen LogP contribution in [0, 0.1) is 0 Å². The van der Waals surface area contributed by atoms with Gasteiger partial charge in [-0.3, -0.25) is 4.72 Å². The fraction of sp³-hybridized carbons (Fsp3) is 0.238. The van der Waals surface area contributed by atoms with Crippen LogP contribution in [0.1, 0.15) is 19.8 Å². The van der Waals surface area contributed by atoms with Crippen LogP contribution in [0.15, 0.2) is 70.6 Å². The molecule has 3 aromatic rings. The van der Waals surface area contributed by atoms with Crippen LogP contribution in [0.5, 0.6) is 5.75 Å². The van der Waals surface area contributed by atoms with Crippen LogP contribution in [0.25, 0.3) is 11.3 Å². The lowest BCUT2D eigenvalue weighted by Crippen LogP contribution is -2.13. The highest BCUT2D eigenvalue weighted by atomic mass is 32.2. The van der Waals surface area contributed by atoms with Gasteiger partial charge in [-0.2, -0.15) is 0 Å². The second-order valence-corrected chi connectivity index (χ2v) is 10.5. The highest BCUT2D eigenvalue weighted by molar-refractivity contribution is 7.92. The van der Waals surface area contributed by atoms with Gasteiger partial charge in [-0.15, -0.1) is 10.2 Å². The molecule has 1 N–H and O–H groups in total. The molecule has 0 aliphatic heterocycles. The highest BCUT2D eigenvalue weighted by Gasteiger charge is 2.15. The van der Waals surface area contributed by atoms with E-state index in [1.807, 2.05) is 0 Å². The summed E-state index contributed by atoms with van der Waals surface area (Å²) in [5.41, 5.74) is 1.35. The number of ether oxygens (including phenoxy) is 1. The Bertz CT molecular complexity index is 1240. The van der Waals surface area contributed by atoms with E-state index in [1.165, 1.54) is 24.3 Å². The fourth-order valence-electron chi connectivity index (χ4n) is 2.68. The second kappa shape index (κ2) is 9.44. The summed E-state index contributed by atoms with van der Waals surface area (Å²) in [5, 5.41) is 7.53. The number of aromatic nitrogens is 2. The first-order valence-corrected chi connectivity index (χ1v) is 13.0. The largest absolute Gasteiger partial charge is 0.494 e. The van der Waals surface area contributed by atoms with Crippen LogP contribution < -0.4 is 9.46 Å². The summed E-state index contributed by atoms with van der Waals surface area (Å²) in [5.74, 6) is 0.616. The maximum absolute atomic E-state index is 12.7. The van der Waals surface area contributed by atoms with Crippen molar-refractivity contribution < 1.29 is 21.6 Å². The van der Waals surface area contributed by atoms with Crippen molar-refractivity contribution in [2.24, 2.45) is 0 Å². The molecule has 1 heterocycles. The van der Waals surface area contributed by atoms with Crippen LogP contribution in [0.3, 0.4) is 0 Å². The summed E-state index contributed by atoms with van der Waals surface area (Å²) in [6.45, 7) is 2.65. The molecule has 0 spiro atoms. The molecule has 10 heteroatoms. The van der Waals surface area contributed by atoms with Gasteiger partial charge in [0.05, 0.1) is 17.2 Å². The summed E-state index contributed by atoms with van der Waals surface area (Å²) >= 11 is 0. The van der Waals surface area contributed by atoms with Crippen molar-refractivity contribution in [1.82, 2.24) is 10.2 Å². The van der Waals surface area contributed by atoms with Crippen LogP contribution in [-0.2, 0) is 19.9 Å². The number of benzene rings is 2. The van der Waals surface area contributed by atoms with E-state index < -0.39 is 19.9 Å². The van der Waals surface area contributed by atoms with Gasteiger partial charge in [-0.05, 0) is 55.0 Å². The molecule has 0 radical (unpaired) electrons. The monoisotopic (exact) mass is 461 g/mol. The Morgan fingerprint density at radius 3 is 2.29 bits per heavy atom. The van der Waals surface area contributed by atoms with Crippen molar-refractivity contribution in [2.45, 2.75) is 29.7 Å². The molecule has 164 valence electrons. The molecule has 1 aromatic heterocycles. The van der Waals surface area contributed by atoms with Crippen LogP contribution in [-0.4, -0.2) is 39.9 Å². The molecule has 0 aliphatic carbocycles. The predicted molar refractivity (Wildman–Crippen MR) is 118 cm³/mol. The number of sulfone groups is 1. The molecule has 0 aliphatic rings. The maximum Gasteiger partial charge on any atom is 0.261 e. The number of nitrogens with zero attached hydrogens (tertiary/aromatic N) is 2. The third kappa shape index (κ3) is 6.02. The number of nitrogens with one attached hydrogen (secondary N) is 1. The van der Waals surface area contributed by atoms with Gasteiger partial charge < -0.3 is 4.74 Å². The molecule has 0 saturated carbocycles. The lowest BCUT2D eigenvalue weighted by Gasteiger charge is -2.11. The van der Waals surface area contributed by atoms with Crippen molar-refractivity contribution in [3.8, 4) is 17.0 Å². The Morgan fingerprint density at radius 2 is 1.68 bits per heavy atom. The van der Waals surface area contributed by atoms with Gasteiger partial charge >= 0.3 is 0 Å². The number of unbranched alkanes of at least 4 members (excludes halogenated alkanes) is 1. The van der Waals surface area contributed by atoms with E-state index >= 15 is 0 Å². The lowest BCUT2D eigenvalue weighted by molar-refractivity contribution is 0.309. The number of rotatable bonds is 9. The van der Waals surface area contributed by atoms with E-state index in [1.54, 1.807) is 36.4 Å². The molecule has 3 rings (SSSR count). The van der Waals surface area contributed by atoms with E-state index in [9.17, 15) is 16.8 Å². The minimum Gasteiger partial charge on any atom is -0.494 e. The zero-order chi connectivity index (χ0) is 22.5. The van der Waals surface area contributed by atoms with Crippen molar-refractivity contribution in [3.63, 3.8) is 0 Å². The zero-order valence-electron chi connectivity index (χ0n) is 17.1. The van der Waals surface area contributed by atoms with Gasteiger partial charge in [0.25, 0.3) is 10.0 Å². The first-order valence-electron chi connectivity index (χ1n) is 9.59. The molecule has 2 aromatic carbocycles. The number of anilines is 1. The topological polar surface area (TPSA) is 115 Å². The smallest absolute Gasteiger partial charge is 0.261 e. The second-order valence-electron chi connectivity index (χ2n) is 6.89. The molecular weight excluding hydrogens is 438 g/mol. The highest BCUT2D eigenvalue weighted by Crippen LogP contribution is 2.24. The van der Waals surface area contributed by atoms with Crippen molar-refractivity contribution in [3.05, 3.63) is 60.7 Å². The molecular formula is C21H23N3O5S2. The summed E-state index contributed by atoms with van der Waals surface area (Å²) in [7, 11) is -7.25. The van der Waals surface area contributed by atoms with Crippen LogP contribution in [0.2, 0.25) is 0 Å². The normalized spacial score (nSPS) is 11.8. The standard InChI is InChI=1S/C21H23N3O5S2/c1-3-4-14-29-18-8-10-19(11-9-18)31(27,28)24-17-7-5-6-16(15-17)20-12-13-21(23-22-20)30(2,25)26/h5-13,15,24H,3-4,14H2,1-2H3. The Hall–Kier alpha value is -2.98. The number of hydrogen-bond donors (Lipinski definition) is 1. The average molecular weight is 462 g/mol. The fourth-order valence-corrected chi connectivity index (χ4v) is 4.23. The summed E-state index contributed by atoms with van der Waals surface area (Å²) in [4.78, 5) is 0.109. The molecule has 0 atom stereocenters. The minimum absolute atomic E-state index is 0.109. The SMILES string of the molecule is CCCCOc1ccc(S(=O)(=O)Nc2cccc(-c3ccc(S(C)(=O)=O)nn3)c2)cc1. The Balaban J connectivity index is 1.76. The molecule has 0 amide bonds. The van der Waals surface area contributed by atoms with E-state index in [0.717, 1.165) is 19.1 Å². The molecule has 31 heavy (non-hydrogen) atoms. The van der Waals surface area contributed by atoms with E-state index in [-0.39, 0.29) is 9.92 Å². The third-order valence-corrected chi connectivity index (χ3v) is 6.71.